The van der Waals surface area contributed by atoms with Crippen LogP contribution in [0.2, 0.25) is 0 Å². The zero-order chi connectivity index (χ0) is 97.2. The second-order valence-corrected chi connectivity index (χ2v) is 37.9. The minimum Gasteiger partial charge on any atom is -0.490 e. The lowest BCUT2D eigenvalue weighted by atomic mass is 10.1. The largest absolute Gasteiger partial charge is 0.490 e. The second-order valence-electron chi connectivity index (χ2n) is 37.9. The molecule has 0 saturated carbocycles. The van der Waals surface area contributed by atoms with Gasteiger partial charge in [-0.15, -0.1) is 0 Å². The molecule has 0 spiro atoms. The maximum absolute atomic E-state index is 7.19. The molecule has 138 heavy (non-hydrogen) atoms. The lowest BCUT2D eigenvalue weighted by molar-refractivity contribution is 0.258. The van der Waals surface area contributed by atoms with Gasteiger partial charge in [0.1, 0.15) is 0 Å². The molecule has 3 aromatic heterocycles. The quantitative estimate of drug-likeness (QED) is 0.0265. The van der Waals surface area contributed by atoms with Gasteiger partial charge in [0.2, 0.25) is 0 Å². The van der Waals surface area contributed by atoms with Crippen LogP contribution in [0.3, 0.4) is 0 Å². The van der Waals surface area contributed by atoms with E-state index in [0.717, 1.165) is 410 Å². The first-order chi connectivity index (χ1) is 68.1. The third-order valence-electron chi connectivity index (χ3n) is 26.2. The SMILES string of the molecule is CCCCCCOc1ccc(-n2ccn(-c3ccc(OCCCCCC)c(OCCCCCC)c3)c3c2c2c(c4c3n(-c3ccc(OCCCCCC)c(OCCCCCC)c3)ccn4-c3ccc(OCCCCCC)c(OCCCCCC)c3)n(-c3ccc(OCCCCCC)c(OCCCCCC)c3)ccn2-c2ccc(OCCCCCC)c(OCCCCCC)c2)cc1OCCCCCC. The second kappa shape index (κ2) is 65.2. The Kier molecular flexibility index (Phi) is 52.1. The summed E-state index contributed by atoms with van der Waals surface area (Å²) in [5.74, 6) is 8.48. The van der Waals surface area contributed by atoms with Gasteiger partial charge in [0.05, 0.1) is 112 Å². The number of ether oxygens (including phenoxy) is 12. The Bertz CT molecular complexity index is 4280. The number of aromatic nitrogens is 6. The van der Waals surface area contributed by atoms with Crippen molar-refractivity contribution in [2.45, 2.75) is 391 Å². The van der Waals surface area contributed by atoms with E-state index in [1.165, 1.54) is 0 Å². The lowest BCUT2D eigenvalue weighted by Crippen LogP contribution is -2.16. The Morgan fingerprint density at radius 1 is 0.130 bits per heavy atom. The van der Waals surface area contributed by atoms with Gasteiger partial charge in [0.25, 0.3) is 0 Å². The lowest BCUT2D eigenvalue weighted by Gasteiger charge is -2.29. The van der Waals surface area contributed by atoms with Gasteiger partial charge in [-0.05, 0) is 150 Å². The van der Waals surface area contributed by atoms with Crippen LogP contribution in [0, 0.1) is 0 Å². The molecule has 18 heteroatoms. The molecule has 10 aromatic rings. The summed E-state index contributed by atoms with van der Waals surface area (Å²) in [6.07, 6.45) is 64.6. The van der Waals surface area contributed by atoms with E-state index in [0.29, 0.717) is 114 Å². The van der Waals surface area contributed by atoms with Gasteiger partial charge >= 0.3 is 0 Å². The Labute approximate surface area is 832 Å². The number of hydrogen-bond acceptors (Lipinski definition) is 12. The van der Waals surface area contributed by atoms with Gasteiger partial charge in [-0.25, -0.2) is 0 Å². The molecule has 0 radical (unpaired) electrons. The van der Waals surface area contributed by atoms with E-state index in [2.05, 4.69) is 257 Å². The van der Waals surface area contributed by atoms with Crippen molar-refractivity contribution < 1.29 is 56.8 Å². The molecule has 762 valence electrons. The molecular weight excluding hydrogens is 1720 g/mol. The molecule has 0 aliphatic heterocycles. The van der Waals surface area contributed by atoms with Crippen LogP contribution in [0.4, 0.5) is 0 Å². The average molecular weight is 1900 g/mol. The molecule has 0 N–H and O–H groups in total. The van der Waals surface area contributed by atoms with Crippen molar-refractivity contribution >= 4 is 33.1 Å². The van der Waals surface area contributed by atoms with Crippen molar-refractivity contribution in [3.8, 4) is 103 Å². The first-order valence-corrected chi connectivity index (χ1v) is 55.6. The van der Waals surface area contributed by atoms with E-state index in [1.807, 2.05) is 0 Å². The highest BCUT2D eigenvalue weighted by molar-refractivity contribution is 6.21. The first-order valence-electron chi connectivity index (χ1n) is 55.6. The summed E-state index contributed by atoms with van der Waals surface area (Å²) < 4.78 is 99.3. The maximum Gasteiger partial charge on any atom is 0.163 e. The van der Waals surface area contributed by atoms with E-state index in [1.54, 1.807) is 0 Å². The molecule has 3 heterocycles. The van der Waals surface area contributed by atoms with Crippen molar-refractivity contribution in [1.29, 1.82) is 0 Å². The normalized spacial score (nSPS) is 11.5. The fourth-order valence-corrected chi connectivity index (χ4v) is 18.0. The first kappa shape index (κ1) is 110. The summed E-state index contributed by atoms with van der Waals surface area (Å²) in [6, 6.07) is 39.6. The molecule has 0 amide bonds. The fourth-order valence-electron chi connectivity index (χ4n) is 18.0. The van der Waals surface area contributed by atoms with Crippen LogP contribution >= 0.6 is 0 Å². The summed E-state index contributed by atoms with van der Waals surface area (Å²) in [5.41, 5.74) is 10.3. The third kappa shape index (κ3) is 34.6. The smallest absolute Gasteiger partial charge is 0.163 e. The zero-order valence-corrected chi connectivity index (χ0v) is 87.9. The third-order valence-corrected chi connectivity index (χ3v) is 26.2. The Hall–Kier alpha value is -9.84. The molecule has 0 aliphatic rings. The number of fused-ring (bicyclic) bond motifs is 6. The van der Waals surface area contributed by atoms with E-state index < -0.39 is 0 Å². The summed E-state index contributed by atoms with van der Waals surface area (Å²) in [5, 5.41) is 0. The predicted octanol–water partition coefficient (Wildman–Crippen LogP) is 35.1. The van der Waals surface area contributed by atoms with Crippen LogP contribution in [0.15, 0.2) is 146 Å². The van der Waals surface area contributed by atoms with Crippen molar-refractivity contribution in [3.05, 3.63) is 146 Å². The number of unbranched alkanes of at least 4 members (excludes halogenated alkanes) is 36. The average Bonchev–Trinajstić information content (AvgIpc) is 0.688. The van der Waals surface area contributed by atoms with E-state index in [4.69, 9.17) is 56.8 Å². The monoisotopic (exact) mass is 1900 g/mol. The predicted molar refractivity (Wildman–Crippen MR) is 577 cm³/mol. The van der Waals surface area contributed by atoms with Crippen molar-refractivity contribution in [1.82, 2.24) is 27.4 Å². The van der Waals surface area contributed by atoms with E-state index in [-0.39, 0.29) is 0 Å². The molecule has 0 bridgehead atoms. The van der Waals surface area contributed by atoms with Crippen molar-refractivity contribution in [3.63, 3.8) is 0 Å². The summed E-state index contributed by atoms with van der Waals surface area (Å²) in [7, 11) is 0. The highest BCUT2D eigenvalue weighted by atomic mass is 16.5. The molecule has 0 atom stereocenters. The minimum atomic E-state index is 0.532. The number of benzene rings is 7. The van der Waals surface area contributed by atoms with Gasteiger partial charge in [0.15, 0.2) is 69.0 Å². The number of rotatable bonds is 78. The van der Waals surface area contributed by atoms with Crippen molar-refractivity contribution in [2.24, 2.45) is 0 Å². The molecular formula is C120H180N6O12. The Morgan fingerprint density at radius 2 is 0.239 bits per heavy atom. The van der Waals surface area contributed by atoms with E-state index >= 15 is 0 Å². The molecule has 0 saturated heterocycles. The molecule has 18 nitrogen and oxygen atoms in total. The molecule has 0 aliphatic carbocycles. The van der Waals surface area contributed by atoms with Crippen LogP contribution in [0.1, 0.15) is 391 Å². The Morgan fingerprint density at radius 3 is 0.348 bits per heavy atom. The van der Waals surface area contributed by atoms with Crippen LogP contribution < -0.4 is 56.8 Å². The molecule has 0 fully saturated rings. The van der Waals surface area contributed by atoms with E-state index in [9.17, 15) is 0 Å². The maximum atomic E-state index is 7.19. The van der Waals surface area contributed by atoms with Gasteiger partial charge in [-0.2, -0.15) is 0 Å². The summed E-state index contributed by atoms with van der Waals surface area (Å²) >= 11 is 0. The van der Waals surface area contributed by atoms with Gasteiger partial charge in [-0.1, -0.05) is 314 Å². The van der Waals surface area contributed by atoms with Gasteiger partial charge < -0.3 is 84.2 Å². The van der Waals surface area contributed by atoms with Crippen LogP contribution in [0.5, 0.6) is 69.0 Å². The fraction of sp³-hybridized carbons (Fsp3) is 0.600. The Balaban J connectivity index is 1.52. The summed E-state index contributed by atoms with van der Waals surface area (Å²) in [4.78, 5) is 0. The molecule has 0 unspecified atom stereocenters. The number of hydrogen-bond donors (Lipinski definition) is 0. The van der Waals surface area contributed by atoms with Gasteiger partial charge in [0, 0.05) is 108 Å². The van der Waals surface area contributed by atoms with Crippen LogP contribution in [0.25, 0.3) is 67.2 Å². The molecule has 10 rings (SSSR count). The van der Waals surface area contributed by atoms with Crippen LogP contribution in [-0.4, -0.2) is 107 Å². The topological polar surface area (TPSA) is 140 Å². The zero-order valence-electron chi connectivity index (χ0n) is 87.9. The number of nitrogens with zero attached hydrogens (tertiary/aromatic N) is 6. The van der Waals surface area contributed by atoms with Crippen LogP contribution in [-0.2, 0) is 0 Å². The summed E-state index contributed by atoms with van der Waals surface area (Å²) in [6.45, 7) is 33.8. The highest BCUT2D eigenvalue weighted by Gasteiger charge is 2.29. The molecule has 7 aromatic carbocycles. The van der Waals surface area contributed by atoms with Crippen molar-refractivity contribution in [2.75, 3.05) is 79.3 Å². The highest BCUT2D eigenvalue weighted by Crippen LogP contribution is 2.47. The minimum absolute atomic E-state index is 0.532. The van der Waals surface area contributed by atoms with Gasteiger partial charge in [-0.3, -0.25) is 0 Å². The standard InChI is InChI=1S/C120H180N6O12/c1-13-25-37-49-79-127-103-67-61-97(91-109(103)133-85-55-43-31-19-7)121-73-74-122(98-62-68-104(128-80-50-38-26-14-2)110(92-98)134-86-56-44-32-20-8)116-115(121)117-119(124(100-64-70-106(130-82-52-40-28-16-4)112(94-100)136-88-58-46-34-22-10)76-75-123(117)99-63-69-105(129-81-51-39-27-15-3)111(93-99)135-87-57-45-33-21-9)120-118(116)125(101-65-71-107(131-83-53-41-29-17-5)113(95-101)137-89-59-47-35-23-11)77-78-126(120)102-66-72-108(132-84-54-42-30-18-6)114(96-102)138-90-60-48-36-24-12/h61-78,91-96H,13-60,79-90H2,1-12H3.